The summed E-state index contributed by atoms with van der Waals surface area (Å²) in [5.74, 6) is 0. The van der Waals surface area contributed by atoms with Gasteiger partial charge in [-0.15, -0.1) is 6.58 Å². The zero-order chi connectivity index (χ0) is 64.6. The van der Waals surface area contributed by atoms with Gasteiger partial charge in [-0.2, -0.15) is 0 Å². The molecule has 6 fully saturated rings. The van der Waals surface area contributed by atoms with Crippen LogP contribution in [0.3, 0.4) is 0 Å². The molecule has 6 saturated heterocycles. The molecule has 6 aliphatic heterocycles. The first-order valence-electron chi connectivity index (χ1n) is 29.4. The largest absolute Gasteiger partial charge is 0.382 e. The van der Waals surface area contributed by atoms with E-state index in [1.165, 1.54) is 14.2 Å². The second-order valence-corrected chi connectivity index (χ2v) is 20.3. The summed E-state index contributed by atoms with van der Waals surface area (Å²) in [4.78, 5) is 0. The van der Waals surface area contributed by atoms with Gasteiger partial charge in [0.2, 0.25) is 0 Å². The molecular formula is C64H137F2NO23. The standard InChI is InChI=1S/C11H22O5.C11H20O4.C10H21NO4.C9H18O4.2C8H15FO3.C2H6.5CH4/c1-8-10(15-6-5-12-2)11(14-4)9(16-8)7-13-3;1-5-6-14-10-8(2)15-9(7-12-3)11(10)13-4;1-7-9(14-5-4-11)10(13-3)8(15-7)6-12-2;1-6-8(11-3)9(12-4)7(13-6)5-10-2;2*1-5-7(9)8(11-3)6(12-5)4-10-2;1-2;;;;;/h8-11H,5-7H2,1-4H3;5,8-11H,1,6-7H2,2-4H3;7-10H,4-6,11H2,1-3H3;6-9H,5H2,1-4H3;2*5-8H,4H2,1-3H3;1-2H3;5*1H4/t2*8-,9+,10+,11?;7-,8+,9+,10?;6-,7+,8+,9?;5-,6+,7+,8?;5-,6+,7-,8?;;;;;;/m000000....../s1. The molecular weight excluding hydrogens is 1190 g/mol. The maximum atomic E-state index is 13.2. The van der Waals surface area contributed by atoms with Gasteiger partial charge in [-0.3, -0.25) is 0 Å². The van der Waals surface area contributed by atoms with Gasteiger partial charge in [-0.05, 0) is 41.5 Å². The van der Waals surface area contributed by atoms with Crippen LogP contribution in [0.5, 0.6) is 0 Å². The van der Waals surface area contributed by atoms with Gasteiger partial charge >= 0.3 is 0 Å². The second-order valence-electron chi connectivity index (χ2n) is 20.3. The van der Waals surface area contributed by atoms with Gasteiger partial charge < -0.3 is 115 Å². The van der Waals surface area contributed by atoms with E-state index in [2.05, 4.69) is 6.58 Å². The maximum absolute atomic E-state index is 13.2. The number of nitrogens with two attached hydrogens (primary N) is 1. The Hall–Kier alpha value is -1.36. The summed E-state index contributed by atoms with van der Waals surface area (Å²) in [6, 6.07) is 0. The van der Waals surface area contributed by atoms with E-state index in [0.29, 0.717) is 72.6 Å². The second kappa shape index (κ2) is 58.9. The lowest BCUT2D eigenvalue weighted by atomic mass is 10.1. The highest BCUT2D eigenvalue weighted by Gasteiger charge is 2.47. The third-order valence-corrected chi connectivity index (χ3v) is 14.5. The zero-order valence-electron chi connectivity index (χ0n) is 55.6. The predicted octanol–water partition coefficient (Wildman–Crippen LogP) is 7.46. The molecule has 6 rings (SSSR count). The fraction of sp³-hybridized carbons (Fsp3) is 0.969. The summed E-state index contributed by atoms with van der Waals surface area (Å²) in [6.45, 7) is 24.5. The molecule has 90 heavy (non-hydrogen) atoms. The fourth-order valence-electron chi connectivity index (χ4n) is 10.6. The molecule has 0 aromatic carbocycles. The number of alkyl halides is 2. The van der Waals surface area contributed by atoms with E-state index in [0.717, 1.165) is 0 Å². The summed E-state index contributed by atoms with van der Waals surface area (Å²) in [7, 11) is 22.7. The molecule has 0 aromatic rings. The van der Waals surface area contributed by atoms with Crippen molar-refractivity contribution in [2.45, 2.75) is 239 Å². The van der Waals surface area contributed by atoms with Crippen LogP contribution >= 0.6 is 0 Å². The van der Waals surface area contributed by atoms with Gasteiger partial charge in [0.15, 0.2) is 12.3 Å². The molecule has 6 heterocycles. The van der Waals surface area contributed by atoms with Gasteiger partial charge in [0.05, 0.1) is 103 Å². The molecule has 0 spiro atoms. The Morgan fingerprint density at radius 1 is 0.322 bits per heavy atom. The highest BCUT2D eigenvalue weighted by atomic mass is 19.1. The minimum absolute atomic E-state index is 0. The molecule has 0 amide bonds. The van der Waals surface area contributed by atoms with Gasteiger partial charge in [-0.25, -0.2) is 8.78 Å². The molecule has 0 radical (unpaired) electrons. The van der Waals surface area contributed by atoms with E-state index >= 15 is 0 Å². The molecule has 6 aliphatic rings. The van der Waals surface area contributed by atoms with Crippen molar-refractivity contribution >= 4 is 0 Å². The van der Waals surface area contributed by atoms with Gasteiger partial charge in [0.1, 0.15) is 97.7 Å². The number of halogens is 2. The Kier molecular flexibility index (Phi) is 65.3. The molecule has 0 aromatic heterocycles. The third kappa shape index (κ3) is 32.6. The van der Waals surface area contributed by atoms with Gasteiger partial charge in [-0.1, -0.05) is 57.1 Å². The van der Waals surface area contributed by atoms with Gasteiger partial charge in [0.25, 0.3) is 0 Å². The van der Waals surface area contributed by atoms with Crippen molar-refractivity contribution in [3.05, 3.63) is 12.7 Å². The van der Waals surface area contributed by atoms with Gasteiger partial charge in [0, 0.05) is 106 Å². The Labute approximate surface area is 545 Å². The molecule has 550 valence electrons. The van der Waals surface area contributed by atoms with Crippen LogP contribution in [0.2, 0.25) is 0 Å². The molecule has 24 nitrogen and oxygen atoms in total. The molecule has 0 aliphatic carbocycles. The van der Waals surface area contributed by atoms with Crippen LogP contribution in [-0.2, 0) is 109 Å². The van der Waals surface area contributed by atoms with Crippen molar-refractivity contribution in [1.29, 1.82) is 0 Å². The highest BCUT2D eigenvalue weighted by Crippen LogP contribution is 2.31. The predicted molar refractivity (Wildman–Crippen MR) is 348 cm³/mol. The van der Waals surface area contributed by atoms with Crippen LogP contribution in [0.1, 0.15) is 92.5 Å². The monoisotopic (exact) mass is 1330 g/mol. The number of hydrogen-bond acceptors (Lipinski definition) is 24. The molecule has 6 unspecified atom stereocenters. The summed E-state index contributed by atoms with van der Waals surface area (Å²) in [5.41, 5.74) is 5.40. The first-order valence-corrected chi connectivity index (χ1v) is 29.4. The number of ether oxygens (including phenoxy) is 23. The molecule has 26 heteroatoms. The van der Waals surface area contributed by atoms with Crippen LogP contribution in [0.4, 0.5) is 8.78 Å². The molecule has 2 N–H and O–H groups in total. The topological polar surface area (TPSA) is 238 Å². The quantitative estimate of drug-likeness (QED) is 0.0565. The maximum Gasteiger partial charge on any atom is 0.154 e. The first kappa shape index (κ1) is 99.7. The smallest absolute Gasteiger partial charge is 0.154 e. The lowest BCUT2D eigenvalue weighted by molar-refractivity contribution is -0.0644. The average molecular weight is 1330 g/mol. The van der Waals surface area contributed by atoms with E-state index in [1.54, 1.807) is 105 Å². The Balaban J connectivity index is -0.000000232. The van der Waals surface area contributed by atoms with E-state index in [9.17, 15) is 8.78 Å². The van der Waals surface area contributed by atoms with Crippen molar-refractivity contribution < 1.29 is 118 Å². The Morgan fingerprint density at radius 2 is 0.556 bits per heavy atom. The average Bonchev–Trinajstić information content (AvgIpc) is 1.96. The summed E-state index contributed by atoms with van der Waals surface area (Å²) in [6.07, 6.45) is -3.15. The summed E-state index contributed by atoms with van der Waals surface area (Å²) in [5, 5.41) is 0. The fourth-order valence-corrected chi connectivity index (χ4v) is 10.6. The van der Waals surface area contributed by atoms with Crippen LogP contribution in [0.25, 0.3) is 0 Å². The third-order valence-electron chi connectivity index (χ3n) is 14.5. The van der Waals surface area contributed by atoms with Crippen LogP contribution in [0, 0.1) is 0 Å². The minimum Gasteiger partial charge on any atom is -0.382 e. The number of hydrogen-bond donors (Lipinski definition) is 1. The normalized spacial score (nSPS) is 35.1. The number of methoxy groups -OCH3 is 14. The summed E-state index contributed by atoms with van der Waals surface area (Å²) >= 11 is 0. The lowest BCUT2D eigenvalue weighted by Gasteiger charge is -2.22. The van der Waals surface area contributed by atoms with E-state index < -0.39 is 36.8 Å². The van der Waals surface area contributed by atoms with Crippen molar-refractivity contribution in [3.63, 3.8) is 0 Å². The first-order chi connectivity index (χ1) is 40.9. The molecule has 0 saturated carbocycles. The highest BCUT2D eigenvalue weighted by molar-refractivity contribution is 4.95. The van der Waals surface area contributed by atoms with Crippen molar-refractivity contribution in [2.75, 3.05) is 172 Å². The van der Waals surface area contributed by atoms with Crippen molar-refractivity contribution in [3.8, 4) is 0 Å². The summed E-state index contributed by atoms with van der Waals surface area (Å²) < 4.78 is 149. The van der Waals surface area contributed by atoms with Crippen LogP contribution < -0.4 is 5.73 Å². The molecule has 0 bridgehead atoms. The Morgan fingerprint density at radius 3 is 0.800 bits per heavy atom. The van der Waals surface area contributed by atoms with E-state index in [4.69, 9.17) is 115 Å². The van der Waals surface area contributed by atoms with Crippen molar-refractivity contribution in [1.82, 2.24) is 0 Å². The Bertz CT molecular complexity index is 1540. The van der Waals surface area contributed by atoms with Crippen LogP contribution in [0.15, 0.2) is 12.7 Å². The zero-order valence-corrected chi connectivity index (χ0v) is 55.6. The van der Waals surface area contributed by atoms with E-state index in [1.807, 2.05) is 41.5 Å². The number of rotatable bonds is 29. The SMILES string of the molecule is C.C.C.C.C.C=CCO[C@H]1C(OC)[C@@H](COC)O[C@H]1C.CC.COCCO[C@H]1C(OC)[C@@H](COC)O[C@H]1C.COC[C@H]1O[C@@H](C)[C@@H](F)C1OC.COC[C@H]1O[C@@H](C)[C@@H](OC)C1OC.COC[C@H]1O[C@@H](C)[C@@H](OCCN)C1OC.COC[C@H]1O[C@@H](C)[C@H](F)C1OC. The van der Waals surface area contributed by atoms with Crippen LogP contribution in [-0.4, -0.2) is 319 Å². The van der Waals surface area contributed by atoms with Crippen molar-refractivity contribution in [2.24, 2.45) is 5.73 Å². The van der Waals surface area contributed by atoms with E-state index in [-0.39, 0.29) is 147 Å². The lowest BCUT2D eigenvalue weighted by Crippen LogP contribution is -2.38. The minimum atomic E-state index is -1.05. The molecule has 24 atom stereocenters.